The Labute approximate surface area is 68.4 Å². The second kappa shape index (κ2) is 2.74. The summed E-state index contributed by atoms with van der Waals surface area (Å²) in [7, 11) is -1.04. The van der Waals surface area contributed by atoms with Gasteiger partial charge in [0.2, 0.25) is 0 Å². The van der Waals surface area contributed by atoms with E-state index in [0.29, 0.717) is 10.5 Å². The number of hydrogen-bond acceptors (Lipinski definition) is 2. The number of rotatable bonds is 1. The monoisotopic (exact) mass is 170 g/mol. The summed E-state index contributed by atoms with van der Waals surface area (Å²) < 4.78 is 11.3. The van der Waals surface area contributed by atoms with Crippen molar-refractivity contribution in [2.75, 3.05) is 0 Å². The van der Waals surface area contributed by atoms with Gasteiger partial charge in [0.1, 0.15) is 0 Å². The number of Topliss-reactive ketones (excluding diaryl/α,β-unsaturated/α-hetero) is 1. The first-order valence-electron chi connectivity index (χ1n) is 3.36. The quantitative estimate of drug-likeness (QED) is 0.598. The summed E-state index contributed by atoms with van der Waals surface area (Å²) in [6.07, 6.45) is 1.70. The highest BCUT2D eigenvalue weighted by Crippen LogP contribution is 2.25. The molecule has 0 amide bonds. The van der Waals surface area contributed by atoms with Crippen LogP contribution in [0.25, 0.3) is 0 Å². The fourth-order valence-electron chi connectivity index (χ4n) is 1.05. The van der Waals surface area contributed by atoms with Crippen LogP contribution in [0.4, 0.5) is 0 Å². The summed E-state index contributed by atoms with van der Waals surface area (Å²) in [4.78, 5) is 12.4. The average molecular weight is 170 g/mol. The van der Waals surface area contributed by atoms with Gasteiger partial charge in [0.05, 0.1) is 10.8 Å². The first-order valence-corrected chi connectivity index (χ1v) is 4.51. The van der Waals surface area contributed by atoms with Gasteiger partial charge in [0.15, 0.2) is 5.78 Å². The highest BCUT2D eigenvalue weighted by molar-refractivity contribution is 7.93. The molecule has 0 spiro atoms. The molecule has 0 fully saturated rings. The van der Waals surface area contributed by atoms with E-state index in [0.717, 1.165) is 4.91 Å². The lowest BCUT2D eigenvalue weighted by molar-refractivity contribution is -0.113. The van der Waals surface area contributed by atoms with Gasteiger partial charge in [-0.3, -0.25) is 4.79 Å². The Balaban J connectivity index is 3.14. The lowest BCUT2D eigenvalue weighted by Crippen LogP contribution is -1.94. The normalized spacial score (nSPS) is 23.9. The molecule has 60 valence electrons. The second-order valence-corrected chi connectivity index (χ2v) is 4.34. The highest BCUT2D eigenvalue weighted by Gasteiger charge is 2.19. The smallest absolute Gasteiger partial charge is 0.160 e. The molecule has 1 rings (SSSR count). The van der Waals surface area contributed by atoms with Gasteiger partial charge < -0.3 is 0 Å². The Kier molecular flexibility index (Phi) is 2.09. The summed E-state index contributed by atoms with van der Waals surface area (Å²) >= 11 is 0. The van der Waals surface area contributed by atoms with E-state index in [2.05, 4.69) is 0 Å². The van der Waals surface area contributed by atoms with Crippen LogP contribution < -0.4 is 0 Å². The SMILES string of the molecule is CC(=O)C1=C(C)S(=O)C(C)=C1. The van der Waals surface area contributed by atoms with Crippen molar-refractivity contribution in [3.8, 4) is 0 Å². The van der Waals surface area contributed by atoms with Gasteiger partial charge in [-0.25, -0.2) is 4.21 Å². The van der Waals surface area contributed by atoms with Crippen LogP contribution in [0.3, 0.4) is 0 Å². The molecule has 1 aliphatic heterocycles. The molecule has 1 heterocycles. The van der Waals surface area contributed by atoms with Crippen molar-refractivity contribution in [3.63, 3.8) is 0 Å². The lowest BCUT2D eigenvalue weighted by Gasteiger charge is -1.93. The molecule has 0 saturated heterocycles. The molecule has 11 heavy (non-hydrogen) atoms. The standard InChI is InChI=1S/C8H10O2S/c1-5-4-8(6(2)9)7(3)11(5)10/h4H,1-3H3. The number of carbonyl (C=O) groups excluding carboxylic acids is 1. The van der Waals surface area contributed by atoms with Crippen LogP contribution in [0.2, 0.25) is 0 Å². The van der Waals surface area contributed by atoms with Crippen molar-refractivity contribution in [2.45, 2.75) is 20.8 Å². The van der Waals surface area contributed by atoms with E-state index < -0.39 is 10.8 Å². The summed E-state index contributed by atoms with van der Waals surface area (Å²) in [6.45, 7) is 5.00. The maximum absolute atomic E-state index is 11.3. The summed E-state index contributed by atoms with van der Waals surface area (Å²) in [6, 6.07) is 0. The molecule has 0 aromatic rings. The maximum Gasteiger partial charge on any atom is 0.160 e. The van der Waals surface area contributed by atoms with Crippen molar-refractivity contribution < 1.29 is 9.00 Å². The van der Waals surface area contributed by atoms with Crippen molar-refractivity contribution in [2.24, 2.45) is 0 Å². The van der Waals surface area contributed by atoms with Crippen molar-refractivity contribution >= 4 is 16.6 Å². The van der Waals surface area contributed by atoms with Crippen LogP contribution in [0.5, 0.6) is 0 Å². The first-order chi connectivity index (χ1) is 5.04. The van der Waals surface area contributed by atoms with Crippen LogP contribution in [0.1, 0.15) is 20.8 Å². The molecule has 0 radical (unpaired) electrons. The fourth-order valence-corrected chi connectivity index (χ4v) is 2.16. The number of ketones is 1. The van der Waals surface area contributed by atoms with Crippen LogP contribution in [0, 0.1) is 0 Å². The largest absolute Gasteiger partial charge is 0.294 e. The number of carbonyl (C=O) groups is 1. The molecular weight excluding hydrogens is 160 g/mol. The fraction of sp³-hybridized carbons (Fsp3) is 0.375. The Morgan fingerprint density at radius 2 is 2.00 bits per heavy atom. The molecule has 0 saturated carbocycles. The van der Waals surface area contributed by atoms with Gasteiger partial charge in [0, 0.05) is 15.4 Å². The van der Waals surface area contributed by atoms with Crippen molar-refractivity contribution in [3.05, 3.63) is 21.5 Å². The van der Waals surface area contributed by atoms with Gasteiger partial charge in [-0.1, -0.05) is 0 Å². The third kappa shape index (κ3) is 1.33. The van der Waals surface area contributed by atoms with E-state index in [1.54, 1.807) is 19.9 Å². The number of hydrogen-bond donors (Lipinski definition) is 0. The first kappa shape index (κ1) is 8.40. The third-order valence-corrected chi connectivity index (χ3v) is 3.16. The molecule has 1 aliphatic rings. The molecule has 1 unspecified atom stereocenters. The van der Waals surface area contributed by atoms with Gasteiger partial charge in [-0.05, 0) is 26.8 Å². The minimum atomic E-state index is -1.04. The molecule has 0 aromatic carbocycles. The van der Waals surface area contributed by atoms with Crippen LogP contribution in [-0.2, 0) is 15.6 Å². The second-order valence-electron chi connectivity index (χ2n) is 2.55. The maximum atomic E-state index is 11.3. The minimum absolute atomic E-state index is 0.00676. The predicted octanol–water partition coefficient (Wildman–Crippen LogP) is 1.52. The van der Waals surface area contributed by atoms with E-state index >= 15 is 0 Å². The third-order valence-electron chi connectivity index (χ3n) is 1.68. The van der Waals surface area contributed by atoms with Crippen LogP contribution in [-0.4, -0.2) is 9.99 Å². The Bertz CT molecular complexity index is 297. The molecule has 0 bridgehead atoms. The highest BCUT2D eigenvalue weighted by atomic mass is 32.2. The minimum Gasteiger partial charge on any atom is -0.294 e. The Morgan fingerprint density at radius 1 is 1.45 bits per heavy atom. The zero-order valence-electron chi connectivity index (χ0n) is 6.80. The number of allylic oxidation sites excluding steroid dienone is 4. The molecule has 0 aromatic heterocycles. The predicted molar refractivity (Wildman–Crippen MR) is 45.3 cm³/mol. The molecule has 2 nitrogen and oxygen atoms in total. The van der Waals surface area contributed by atoms with Gasteiger partial charge >= 0.3 is 0 Å². The van der Waals surface area contributed by atoms with Gasteiger partial charge in [-0.15, -0.1) is 0 Å². The molecule has 0 N–H and O–H groups in total. The van der Waals surface area contributed by atoms with E-state index in [9.17, 15) is 9.00 Å². The van der Waals surface area contributed by atoms with Crippen LogP contribution in [0.15, 0.2) is 21.5 Å². The summed E-state index contributed by atoms with van der Waals surface area (Å²) in [5.41, 5.74) is 0.612. The molecule has 0 aliphatic carbocycles. The molecule has 1 atom stereocenters. The lowest BCUT2D eigenvalue weighted by atomic mass is 10.2. The van der Waals surface area contributed by atoms with Gasteiger partial charge in [0.25, 0.3) is 0 Å². The molecule has 3 heteroatoms. The Morgan fingerprint density at radius 3 is 2.18 bits per heavy atom. The zero-order valence-corrected chi connectivity index (χ0v) is 7.62. The van der Waals surface area contributed by atoms with E-state index in [4.69, 9.17) is 0 Å². The topological polar surface area (TPSA) is 34.1 Å². The zero-order chi connectivity index (χ0) is 8.59. The van der Waals surface area contributed by atoms with Crippen molar-refractivity contribution in [1.29, 1.82) is 0 Å². The summed E-state index contributed by atoms with van der Waals surface area (Å²) in [5.74, 6) is -0.00676. The molecular formula is C8H10O2S. The Hall–Kier alpha value is -0.700. The van der Waals surface area contributed by atoms with Gasteiger partial charge in [-0.2, -0.15) is 0 Å². The average Bonchev–Trinajstić information content (AvgIpc) is 2.17. The van der Waals surface area contributed by atoms with Crippen molar-refractivity contribution in [1.82, 2.24) is 0 Å². The van der Waals surface area contributed by atoms with E-state index in [-0.39, 0.29) is 5.78 Å². The van der Waals surface area contributed by atoms with Crippen LogP contribution >= 0.6 is 0 Å². The van der Waals surface area contributed by atoms with E-state index in [1.165, 1.54) is 6.92 Å². The summed E-state index contributed by atoms with van der Waals surface area (Å²) in [5, 5.41) is 0. The van der Waals surface area contributed by atoms with E-state index in [1.807, 2.05) is 0 Å².